The lowest BCUT2D eigenvalue weighted by molar-refractivity contribution is 0.0748. The van der Waals surface area contributed by atoms with Gasteiger partial charge in [0.25, 0.3) is 0 Å². The predicted octanol–water partition coefficient (Wildman–Crippen LogP) is 2.51. The highest BCUT2D eigenvalue weighted by molar-refractivity contribution is 14.0. The van der Waals surface area contributed by atoms with Crippen LogP contribution in [0.5, 0.6) is 0 Å². The molecular weight excluding hydrogens is 424 g/mol. The molecule has 0 atom stereocenters. The lowest BCUT2D eigenvalue weighted by Crippen LogP contribution is -2.38. The van der Waals surface area contributed by atoms with Gasteiger partial charge in [0.1, 0.15) is 5.82 Å². The molecule has 0 heterocycles. The minimum Gasteiger partial charge on any atom is -0.382 e. The minimum absolute atomic E-state index is 0. The largest absolute Gasteiger partial charge is 0.382 e. The molecule has 2 N–H and O–H groups in total. The Kier molecular flexibility index (Phi) is 13.9. The van der Waals surface area contributed by atoms with Gasteiger partial charge in [0.05, 0.1) is 26.4 Å². The van der Waals surface area contributed by atoms with Gasteiger partial charge < -0.3 is 20.1 Å². The summed E-state index contributed by atoms with van der Waals surface area (Å²) >= 11 is 0. The number of nitrogens with one attached hydrogen (secondary N) is 2. The molecule has 7 heteroatoms. The summed E-state index contributed by atoms with van der Waals surface area (Å²) < 4.78 is 23.4. The Morgan fingerprint density at radius 3 is 2.67 bits per heavy atom. The average molecular weight is 453 g/mol. The van der Waals surface area contributed by atoms with Gasteiger partial charge in [-0.2, -0.15) is 0 Å². The molecule has 138 valence electrons. The molecule has 0 amide bonds. The van der Waals surface area contributed by atoms with Crippen molar-refractivity contribution >= 4 is 29.9 Å². The maximum absolute atomic E-state index is 13.1. The van der Waals surface area contributed by atoms with E-state index in [2.05, 4.69) is 15.6 Å². The fourth-order valence-corrected chi connectivity index (χ4v) is 2.06. The number of hydrogen-bond acceptors (Lipinski definition) is 3. The Morgan fingerprint density at radius 2 is 2.00 bits per heavy atom. The number of rotatable bonds is 10. The van der Waals surface area contributed by atoms with Crippen LogP contribution in [0.15, 0.2) is 23.2 Å². The van der Waals surface area contributed by atoms with Crippen molar-refractivity contribution in [1.82, 2.24) is 10.6 Å². The standard InChI is InChI=1S/C17H28FN3O2.HI/c1-4-19-17(21-9-10-23-12-11-22-3)20-8-7-15-5-6-16(18)13-14(15)2;/h5-6,13H,4,7-12H2,1-3H3,(H2,19,20,21);1H. The van der Waals surface area contributed by atoms with Gasteiger partial charge in [0.2, 0.25) is 0 Å². The second-order valence-electron chi connectivity index (χ2n) is 5.11. The van der Waals surface area contributed by atoms with Crippen LogP contribution in [0, 0.1) is 12.7 Å². The van der Waals surface area contributed by atoms with Crippen molar-refractivity contribution in [2.75, 3.05) is 46.6 Å². The number of nitrogens with zero attached hydrogens (tertiary/aromatic N) is 1. The number of aryl methyl sites for hydroxylation is 1. The molecule has 0 radical (unpaired) electrons. The van der Waals surface area contributed by atoms with Crippen molar-refractivity contribution in [1.29, 1.82) is 0 Å². The van der Waals surface area contributed by atoms with Gasteiger partial charge >= 0.3 is 0 Å². The van der Waals surface area contributed by atoms with E-state index in [1.54, 1.807) is 13.2 Å². The third-order valence-electron chi connectivity index (χ3n) is 3.27. The molecule has 0 aliphatic heterocycles. The molecule has 5 nitrogen and oxygen atoms in total. The molecule has 0 spiro atoms. The predicted molar refractivity (Wildman–Crippen MR) is 107 cm³/mol. The molecule has 1 aromatic carbocycles. The Morgan fingerprint density at radius 1 is 1.21 bits per heavy atom. The van der Waals surface area contributed by atoms with Crippen molar-refractivity contribution in [3.63, 3.8) is 0 Å². The monoisotopic (exact) mass is 453 g/mol. The van der Waals surface area contributed by atoms with Crippen molar-refractivity contribution in [3.8, 4) is 0 Å². The van der Waals surface area contributed by atoms with Crippen molar-refractivity contribution < 1.29 is 13.9 Å². The first-order valence-electron chi connectivity index (χ1n) is 8.01. The van der Waals surface area contributed by atoms with Crippen LogP contribution in [0.25, 0.3) is 0 Å². The molecule has 1 aromatic rings. The summed E-state index contributed by atoms with van der Waals surface area (Å²) in [5, 5.41) is 6.47. The third-order valence-corrected chi connectivity index (χ3v) is 3.27. The summed E-state index contributed by atoms with van der Waals surface area (Å²) in [5.74, 6) is 0.574. The Bertz CT molecular complexity index is 487. The molecule has 0 saturated heterocycles. The molecule has 0 unspecified atom stereocenters. The van der Waals surface area contributed by atoms with E-state index in [-0.39, 0.29) is 29.8 Å². The zero-order chi connectivity index (χ0) is 16.9. The van der Waals surface area contributed by atoms with E-state index in [1.165, 1.54) is 6.07 Å². The van der Waals surface area contributed by atoms with E-state index in [1.807, 2.05) is 19.9 Å². The van der Waals surface area contributed by atoms with Crippen LogP contribution in [-0.4, -0.2) is 52.5 Å². The second-order valence-corrected chi connectivity index (χ2v) is 5.11. The van der Waals surface area contributed by atoms with E-state index in [0.29, 0.717) is 26.4 Å². The zero-order valence-corrected chi connectivity index (χ0v) is 17.1. The first-order valence-corrected chi connectivity index (χ1v) is 8.01. The second kappa shape index (κ2) is 14.4. The molecule has 0 aromatic heterocycles. The fraction of sp³-hybridized carbons (Fsp3) is 0.588. The first-order chi connectivity index (χ1) is 11.2. The highest BCUT2D eigenvalue weighted by Crippen LogP contribution is 2.10. The number of halogens is 2. The summed E-state index contributed by atoms with van der Waals surface area (Å²) in [4.78, 5) is 4.45. The third kappa shape index (κ3) is 10.0. The molecule has 0 fully saturated rings. The first kappa shape index (κ1) is 23.1. The van der Waals surface area contributed by atoms with Crippen LogP contribution in [0.2, 0.25) is 0 Å². The summed E-state index contributed by atoms with van der Waals surface area (Å²) in [6.45, 7) is 7.82. The molecule has 0 saturated carbocycles. The number of benzene rings is 1. The molecular formula is C17H29FIN3O2. The smallest absolute Gasteiger partial charge is 0.191 e. The SMILES string of the molecule is CCNC(=NCCOCCOC)NCCc1ccc(F)cc1C.I. The summed E-state index contributed by atoms with van der Waals surface area (Å²) in [6, 6.07) is 4.89. The van der Waals surface area contributed by atoms with Crippen molar-refractivity contribution in [3.05, 3.63) is 35.1 Å². The summed E-state index contributed by atoms with van der Waals surface area (Å²) in [6.07, 6.45) is 0.820. The topological polar surface area (TPSA) is 54.9 Å². The van der Waals surface area contributed by atoms with Crippen LogP contribution >= 0.6 is 24.0 Å². The zero-order valence-electron chi connectivity index (χ0n) is 14.7. The lowest BCUT2D eigenvalue weighted by atomic mass is 10.1. The number of methoxy groups -OCH3 is 1. The number of hydrogen-bond donors (Lipinski definition) is 2. The molecule has 24 heavy (non-hydrogen) atoms. The molecule has 0 bridgehead atoms. The van der Waals surface area contributed by atoms with Crippen LogP contribution in [0.4, 0.5) is 4.39 Å². The molecule has 0 aliphatic rings. The van der Waals surface area contributed by atoms with Gasteiger partial charge in [-0.05, 0) is 43.5 Å². The van der Waals surface area contributed by atoms with Crippen LogP contribution < -0.4 is 10.6 Å². The average Bonchev–Trinajstić information content (AvgIpc) is 2.52. The Balaban J connectivity index is 0.00000529. The van der Waals surface area contributed by atoms with E-state index in [0.717, 1.165) is 36.6 Å². The lowest BCUT2D eigenvalue weighted by Gasteiger charge is -2.12. The fourth-order valence-electron chi connectivity index (χ4n) is 2.06. The number of ether oxygens (including phenoxy) is 2. The number of aliphatic imine (C=N–C) groups is 1. The van der Waals surface area contributed by atoms with Gasteiger partial charge in [-0.3, -0.25) is 4.99 Å². The van der Waals surface area contributed by atoms with Crippen LogP contribution in [0.3, 0.4) is 0 Å². The Hall–Kier alpha value is -0.930. The molecule has 0 aliphatic carbocycles. The minimum atomic E-state index is -0.192. The quantitative estimate of drug-likeness (QED) is 0.248. The molecule has 1 rings (SSSR count). The van der Waals surface area contributed by atoms with Crippen molar-refractivity contribution in [2.24, 2.45) is 4.99 Å². The van der Waals surface area contributed by atoms with E-state index >= 15 is 0 Å². The van der Waals surface area contributed by atoms with Gasteiger partial charge in [-0.1, -0.05) is 6.07 Å². The maximum Gasteiger partial charge on any atom is 0.191 e. The maximum atomic E-state index is 13.1. The number of guanidine groups is 1. The van der Waals surface area contributed by atoms with Gasteiger partial charge in [0.15, 0.2) is 5.96 Å². The Labute approximate surface area is 161 Å². The van der Waals surface area contributed by atoms with Crippen molar-refractivity contribution in [2.45, 2.75) is 20.3 Å². The van der Waals surface area contributed by atoms with Gasteiger partial charge in [-0.25, -0.2) is 4.39 Å². The van der Waals surface area contributed by atoms with E-state index in [4.69, 9.17) is 9.47 Å². The van der Waals surface area contributed by atoms with Gasteiger partial charge in [0, 0.05) is 20.2 Å². The van der Waals surface area contributed by atoms with Crippen LogP contribution in [-0.2, 0) is 15.9 Å². The summed E-state index contributed by atoms with van der Waals surface area (Å²) in [5.41, 5.74) is 2.11. The van der Waals surface area contributed by atoms with E-state index < -0.39 is 0 Å². The summed E-state index contributed by atoms with van der Waals surface area (Å²) in [7, 11) is 1.65. The van der Waals surface area contributed by atoms with Gasteiger partial charge in [-0.15, -0.1) is 24.0 Å². The highest BCUT2D eigenvalue weighted by atomic mass is 127. The van der Waals surface area contributed by atoms with Crippen LogP contribution in [0.1, 0.15) is 18.1 Å². The highest BCUT2D eigenvalue weighted by Gasteiger charge is 2.01. The normalized spacial score (nSPS) is 11.1. The van der Waals surface area contributed by atoms with E-state index in [9.17, 15) is 4.39 Å².